The van der Waals surface area contributed by atoms with Gasteiger partial charge in [0.05, 0.1) is 42.7 Å². The second-order valence-corrected chi connectivity index (χ2v) is 7.56. The lowest BCUT2D eigenvalue weighted by molar-refractivity contribution is 0.330. The number of hydrogen-bond acceptors (Lipinski definition) is 7. The highest BCUT2D eigenvalue weighted by Crippen LogP contribution is 2.29. The van der Waals surface area contributed by atoms with Gasteiger partial charge in [0.25, 0.3) is 5.88 Å². The number of ether oxygens (including phenoxy) is 1. The molecule has 0 radical (unpaired) electrons. The molecule has 1 atom stereocenters. The molecule has 1 aliphatic rings. The lowest BCUT2D eigenvalue weighted by Gasteiger charge is -2.22. The van der Waals surface area contributed by atoms with Crippen molar-refractivity contribution in [2.45, 2.75) is 18.9 Å². The Balaban J connectivity index is 1.49. The zero-order valence-electron chi connectivity index (χ0n) is 17.4. The molecule has 162 valence electrons. The molecule has 2 N–H and O–H groups in total. The fourth-order valence-corrected chi connectivity index (χ4v) is 4.02. The summed E-state index contributed by atoms with van der Waals surface area (Å²) in [6.07, 6.45) is 6.77. The second-order valence-electron chi connectivity index (χ2n) is 7.56. The predicted octanol–water partition coefficient (Wildman–Crippen LogP) is 3.30. The minimum atomic E-state index is -0.577. The fraction of sp³-hybridized carbons (Fsp3) is 0.273. The number of fused-ring (bicyclic) bond motifs is 1. The number of halogens is 1. The molecule has 1 aliphatic heterocycles. The number of aromatic nitrogens is 5. The molecule has 0 bridgehead atoms. The Morgan fingerprint density at radius 3 is 3.03 bits per heavy atom. The SMILES string of the molecule is COc1nn(C2CCCNC2)cc1Nc1ncc(F)c(-n2ccc3c(C#N)cccc32)n1. The van der Waals surface area contributed by atoms with Crippen molar-refractivity contribution in [2.75, 3.05) is 25.5 Å². The molecule has 9 nitrogen and oxygen atoms in total. The maximum atomic E-state index is 14.7. The summed E-state index contributed by atoms with van der Waals surface area (Å²) >= 11 is 0. The summed E-state index contributed by atoms with van der Waals surface area (Å²) in [6.45, 7) is 1.85. The van der Waals surface area contributed by atoms with E-state index < -0.39 is 5.82 Å². The van der Waals surface area contributed by atoms with Crippen molar-refractivity contribution >= 4 is 22.5 Å². The highest BCUT2D eigenvalue weighted by Gasteiger charge is 2.20. The van der Waals surface area contributed by atoms with E-state index in [1.807, 2.05) is 16.9 Å². The minimum absolute atomic E-state index is 0.0791. The average Bonchev–Trinajstić information content (AvgIpc) is 3.45. The number of nitrogens with zero attached hydrogens (tertiary/aromatic N) is 6. The highest BCUT2D eigenvalue weighted by molar-refractivity contribution is 5.87. The first-order valence-corrected chi connectivity index (χ1v) is 10.3. The summed E-state index contributed by atoms with van der Waals surface area (Å²) in [7, 11) is 1.55. The third-order valence-electron chi connectivity index (χ3n) is 5.59. The first-order chi connectivity index (χ1) is 15.7. The van der Waals surface area contributed by atoms with Gasteiger partial charge in [0.2, 0.25) is 5.95 Å². The number of methoxy groups -OCH3 is 1. The van der Waals surface area contributed by atoms with E-state index in [1.54, 1.807) is 36.1 Å². The Labute approximate surface area is 183 Å². The number of piperidine rings is 1. The summed E-state index contributed by atoms with van der Waals surface area (Å²) in [5.41, 5.74) is 1.80. The molecular formula is C22H21FN8O. The van der Waals surface area contributed by atoms with Gasteiger partial charge < -0.3 is 15.4 Å². The Hall–Kier alpha value is -3.97. The zero-order chi connectivity index (χ0) is 22.1. The highest BCUT2D eigenvalue weighted by atomic mass is 19.1. The van der Waals surface area contributed by atoms with E-state index in [4.69, 9.17) is 4.74 Å². The summed E-state index contributed by atoms with van der Waals surface area (Å²) in [6, 6.07) is 9.46. The third-order valence-corrected chi connectivity index (χ3v) is 5.59. The number of nitriles is 1. The van der Waals surface area contributed by atoms with Crippen molar-refractivity contribution in [2.24, 2.45) is 0 Å². The molecule has 1 saturated heterocycles. The van der Waals surface area contributed by atoms with Crippen LogP contribution >= 0.6 is 0 Å². The van der Waals surface area contributed by atoms with E-state index in [0.29, 0.717) is 22.6 Å². The lowest BCUT2D eigenvalue weighted by Crippen LogP contribution is -2.31. The monoisotopic (exact) mass is 432 g/mol. The van der Waals surface area contributed by atoms with Crippen LogP contribution in [0.4, 0.5) is 16.0 Å². The van der Waals surface area contributed by atoms with Crippen LogP contribution in [0.2, 0.25) is 0 Å². The number of nitrogens with one attached hydrogen (secondary N) is 2. The van der Waals surface area contributed by atoms with Crippen LogP contribution in [0.3, 0.4) is 0 Å². The molecule has 10 heteroatoms. The van der Waals surface area contributed by atoms with Gasteiger partial charge in [0.1, 0.15) is 5.69 Å². The van der Waals surface area contributed by atoms with Gasteiger partial charge in [0, 0.05) is 18.1 Å². The standard InChI is InChI=1S/C22H21FN8O/c1-32-21-18(13-31(29-21)15-5-3-8-25-11-15)27-22-26-12-17(23)20(28-22)30-9-7-16-14(10-24)4-2-6-19(16)30/h2,4,6-7,9,12-13,15,25H,3,5,8,11H2,1H3,(H,26,27,28). The van der Waals surface area contributed by atoms with Crippen LogP contribution in [0.15, 0.2) is 42.9 Å². The quantitative estimate of drug-likeness (QED) is 0.498. The van der Waals surface area contributed by atoms with Gasteiger partial charge in [-0.05, 0) is 37.6 Å². The van der Waals surface area contributed by atoms with Gasteiger partial charge >= 0.3 is 0 Å². The molecule has 4 aromatic rings. The van der Waals surface area contributed by atoms with Gasteiger partial charge in [-0.1, -0.05) is 6.07 Å². The van der Waals surface area contributed by atoms with Gasteiger partial charge in [-0.3, -0.25) is 9.25 Å². The molecule has 5 rings (SSSR count). The Kier molecular flexibility index (Phi) is 5.17. The number of benzene rings is 1. The maximum absolute atomic E-state index is 14.7. The van der Waals surface area contributed by atoms with E-state index >= 15 is 0 Å². The van der Waals surface area contributed by atoms with Crippen molar-refractivity contribution in [3.8, 4) is 17.8 Å². The van der Waals surface area contributed by atoms with Crippen LogP contribution in [0, 0.1) is 17.1 Å². The lowest BCUT2D eigenvalue weighted by atomic mass is 10.1. The molecule has 32 heavy (non-hydrogen) atoms. The molecule has 0 aliphatic carbocycles. The van der Waals surface area contributed by atoms with Crippen LogP contribution < -0.4 is 15.4 Å². The fourth-order valence-electron chi connectivity index (χ4n) is 4.02. The Morgan fingerprint density at radius 1 is 1.34 bits per heavy atom. The minimum Gasteiger partial charge on any atom is -0.478 e. The van der Waals surface area contributed by atoms with Crippen molar-refractivity contribution in [1.29, 1.82) is 5.26 Å². The second kappa shape index (κ2) is 8.28. The van der Waals surface area contributed by atoms with Gasteiger partial charge in [-0.25, -0.2) is 9.37 Å². The van der Waals surface area contributed by atoms with Crippen LogP contribution in [-0.4, -0.2) is 44.5 Å². The number of hydrogen-bond donors (Lipinski definition) is 2. The largest absolute Gasteiger partial charge is 0.478 e. The maximum Gasteiger partial charge on any atom is 0.256 e. The first-order valence-electron chi connectivity index (χ1n) is 10.3. The third kappa shape index (κ3) is 3.52. The van der Waals surface area contributed by atoms with E-state index in [9.17, 15) is 9.65 Å². The van der Waals surface area contributed by atoms with E-state index in [1.165, 1.54) is 0 Å². The van der Waals surface area contributed by atoms with Crippen LogP contribution in [0.5, 0.6) is 5.88 Å². The molecule has 4 heterocycles. The molecule has 1 unspecified atom stereocenters. The first kappa shape index (κ1) is 20.0. The van der Waals surface area contributed by atoms with Gasteiger partial charge in [-0.2, -0.15) is 10.2 Å². The number of rotatable bonds is 5. The zero-order valence-corrected chi connectivity index (χ0v) is 17.4. The van der Waals surface area contributed by atoms with Crippen LogP contribution in [0.25, 0.3) is 16.7 Å². The molecule has 1 aromatic carbocycles. The van der Waals surface area contributed by atoms with Crippen LogP contribution in [0.1, 0.15) is 24.4 Å². The predicted molar refractivity (Wildman–Crippen MR) is 117 cm³/mol. The van der Waals surface area contributed by atoms with Crippen molar-refractivity contribution < 1.29 is 9.13 Å². The molecular weight excluding hydrogens is 411 g/mol. The number of anilines is 2. The Morgan fingerprint density at radius 2 is 2.25 bits per heavy atom. The summed E-state index contributed by atoms with van der Waals surface area (Å²) in [4.78, 5) is 8.48. The molecule has 0 saturated carbocycles. The smallest absolute Gasteiger partial charge is 0.256 e. The van der Waals surface area contributed by atoms with E-state index in [0.717, 1.165) is 37.5 Å². The Bertz CT molecular complexity index is 1320. The van der Waals surface area contributed by atoms with E-state index in [2.05, 4.69) is 31.8 Å². The van der Waals surface area contributed by atoms with Crippen molar-refractivity contribution in [3.63, 3.8) is 0 Å². The van der Waals surface area contributed by atoms with Gasteiger partial charge in [-0.15, -0.1) is 5.10 Å². The van der Waals surface area contributed by atoms with Crippen molar-refractivity contribution in [3.05, 3.63) is 54.2 Å². The molecule has 0 amide bonds. The normalized spacial score (nSPS) is 16.1. The van der Waals surface area contributed by atoms with Gasteiger partial charge in [0.15, 0.2) is 11.6 Å². The topological polar surface area (TPSA) is 106 Å². The average molecular weight is 432 g/mol. The molecule has 1 fully saturated rings. The van der Waals surface area contributed by atoms with Crippen molar-refractivity contribution in [1.82, 2.24) is 29.6 Å². The molecule has 0 spiro atoms. The summed E-state index contributed by atoms with van der Waals surface area (Å²) in [5.74, 6) is 0.121. The molecule has 3 aromatic heterocycles. The summed E-state index contributed by atoms with van der Waals surface area (Å²) < 4.78 is 23.6. The summed E-state index contributed by atoms with van der Waals surface area (Å²) in [5, 5.41) is 21.1. The van der Waals surface area contributed by atoms with Crippen LogP contribution in [-0.2, 0) is 0 Å². The van der Waals surface area contributed by atoms with E-state index in [-0.39, 0.29) is 17.8 Å².